The number of nitrogens with zero attached hydrogens (tertiary/aromatic N) is 3. The lowest BCUT2D eigenvalue weighted by Gasteiger charge is -2.21. The van der Waals surface area contributed by atoms with E-state index in [1.54, 1.807) is 16.0 Å². The van der Waals surface area contributed by atoms with Crippen molar-refractivity contribution in [2.45, 2.75) is 25.2 Å². The Hall–Kier alpha value is -1.27. The number of alkyl halides is 1. The molecule has 2 N–H and O–H groups in total. The van der Waals surface area contributed by atoms with Gasteiger partial charge in [-0.2, -0.15) is 0 Å². The highest BCUT2D eigenvalue weighted by molar-refractivity contribution is 7.13. The Labute approximate surface area is 95.9 Å². The number of hydrogen-bond donors (Lipinski definition) is 1. The Morgan fingerprint density at radius 2 is 2.44 bits per heavy atom. The summed E-state index contributed by atoms with van der Waals surface area (Å²) in [7, 11) is 0. The molecule has 0 spiro atoms. The minimum Gasteiger partial charge on any atom is -0.321 e. The summed E-state index contributed by atoms with van der Waals surface area (Å²) in [5.41, 5.74) is 5.84. The van der Waals surface area contributed by atoms with Gasteiger partial charge in [0.15, 0.2) is 5.82 Å². The summed E-state index contributed by atoms with van der Waals surface area (Å²) in [6, 6.07) is 3.55. The second-order valence-electron chi connectivity index (χ2n) is 3.89. The van der Waals surface area contributed by atoms with Gasteiger partial charge in [-0.3, -0.25) is 0 Å². The van der Waals surface area contributed by atoms with E-state index in [2.05, 4.69) is 10.1 Å². The average Bonchev–Trinajstić information content (AvgIpc) is 2.82. The average molecular weight is 238 g/mol. The van der Waals surface area contributed by atoms with Gasteiger partial charge >= 0.3 is 0 Å². The van der Waals surface area contributed by atoms with Crippen LogP contribution in [0, 0.1) is 0 Å². The molecule has 2 aromatic heterocycles. The van der Waals surface area contributed by atoms with E-state index in [0.717, 1.165) is 4.88 Å². The van der Waals surface area contributed by atoms with Crippen LogP contribution in [0.25, 0.3) is 10.7 Å². The minimum absolute atomic E-state index is 0.265. The van der Waals surface area contributed by atoms with Gasteiger partial charge in [-0.1, -0.05) is 6.07 Å². The minimum atomic E-state index is -0.916. The maximum absolute atomic E-state index is 13.3. The second kappa shape index (κ2) is 3.64. The molecule has 4 nitrogen and oxygen atoms in total. The van der Waals surface area contributed by atoms with Crippen LogP contribution >= 0.6 is 11.3 Å². The predicted octanol–water partition coefficient (Wildman–Crippen LogP) is 1.75. The SMILES string of the molecule is NC1CC(F)Cn2nc(-c3cccs3)nc21. The molecule has 1 aliphatic rings. The number of fused-ring (bicyclic) bond motifs is 1. The first-order valence-electron chi connectivity index (χ1n) is 5.12. The van der Waals surface area contributed by atoms with Gasteiger partial charge in [-0.25, -0.2) is 14.1 Å². The van der Waals surface area contributed by atoms with Gasteiger partial charge in [0.05, 0.1) is 17.5 Å². The largest absolute Gasteiger partial charge is 0.321 e. The molecule has 0 saturated carbocycles. The number of rotatable bonds is 1. The smallest absolute Gasteiger partial charge is 0.191 e. The predicted molar refractivity (Wildman–Crippen MR) is 59.8 cm³/mol. The fraction of sp³-hybridized carbons (Fsp3) is 0.400. The molecule has 0 aromatic carbocycles. The Morgan fingerprint density at radius 3 is 3.19 bits per heavy atom. The zero-order chi connectivity index (χ0) is 11.1. The van der Waals surface area contributed by atoms with E-state index in [1.807, 2.05) is 17.5 Å². The third-order valence-electron chi connectivity index (χ3n) is 2.65. The van der Waals surface area contributed by atoms with Crippen LogP contribution in [0.1, 0.15) is 18.3 Å². The Morgan fingerprint density at radius 1 is 1.56 bits per heavy atom. The molecule has 1 aliphatic heterocycles. The quantitative estimate of drug-likeness (QED) is 0.823. The van der Waals surface area contributed by atoms with Crippen molar-refractivity contribution < 1.29 is 4.39 Å². The third kappa shape index (κ3) is 1.54. The van der Waals surface area contributed by atoms with Crippen LogP contribution in [0.15, 0.2) is 17.5 Å². The van der Waals surface area contributed by atoms with Gasteiger partial charge in [0, 0.05) is 6.42 Å². The van der Waals surface area contributed by atoms with Crippen molar-refractivity contribution in [2.75, 3.05) is 0 Å². The summed E-state index contributed by atoms with van der Waals surface area (Å²) in [5.74, 6) is 1.34. The number of hydrogen-bond acceptors (Lipinski definition) is 4. The molecule has 0 bridgehead atoms. The number of thiophene rings is 1. The molecule has 84 valence electrons. The second-order valence-corrected chi connectivity index (χ2v) is 4.84. The molecule has 3 rings (SSSR count). The van der Waals surface area contributed by atoms with Crippen molar-refractivity contribution in [3.05, 3.63) is 23.3 Å². The molecule has 6 heteroatoms. The molecule has 0 aliphatic carbocycles. The maximum Gasteiger partial charge on any atom is 0.191 e. The normalized spacial score (nSPS) is 24.4. The monoisotopic (exact) mass is 238 g/mol. The maximum atomic E-state index is 13.3. The van der Waals surface area contributed by atoms with E-state index in [9.17, 15) is 4.39 Å². The molecule has 0 saturated heterocycles. The third-order valence-corrected chi connectivity index (χ3v) is 3.52. The first-order chi connectivity index (χ1) is 7.74. The first-order valence-corrected chi connectivity index (χ1v) is 6.00. The molecule has 2 unspecified atom stereocenters. The summed E-state index contributed by atoms with van der Waals surface area (Å²) in [6.07, 6.45) is -0.580. The van der Waals surface area contributed by atoms with Gasteiger partial charge in [0.2, 0.25) is 0 Å². The van der Waals surface area contributed by atoms with Crippen molar-refractivity contribution in [3.8, 4) is 10.7 Å². The lowest BCUT2D eigenvalue weighted by molar-refractivity contribution is 0.220. The molecule has 0 amide bonds. The lowest BCUT2D eigenvalue weighted by atomic mass is 10.1. The molecule has 3 heterocycles. The first kappa shape index (κ1) is 9.92. The van der Waals surface area contributed by atoms with E-state index in [1.165, 1.54) is 0 Å². The topological polar surface area (TPSA) is 56.7 Å². The van der Waals surface area contributed by atoms with Crippen LogP contribution < -0.4 is 5.73 Å². The van der Waals surface area contributed by atoms with E-state index < -0.39 is 6.17 Å². The van der Waals surface area contributed by atoms with Gasteiger partial charge in [0.1, 0.15) is 12.0 Å². The Kier molecular flexibility index (Phi) is 2.26. The number of halogens is 1. The van der Waals surface area contributed by atoms with E-state index in [0.29, 0.717) is 18.1 Å². The lowest BCUT2D eigenvalue weighted by Crippen LogP contribution is -2.30. The number of aromatic nitrogens is 3. The zero-order valence-electron chi connectivity index (χ0n) is 8.51. The van der Waals surface area contributed by atoms with Crippen LogP contribution in [0.5, 0.6) is 0 Å². The standard InChI is InChI=1S/C10H11FN4S/c11-6-4-7(12)10-13-9(14-15(10)5-6)8-2-1-3-16-8/h1-3,6-7H,4-5,12H2. The summed E-state index contributed by atoms with van der Waals surface area (Å²) >= 11 is 1.57. The highest BCUT2D eigenvalue weighted by atomic mass is 32.1. The molecule has 0 fully saturated rings. The zero-order valence-corrected chi connectivity index (χ0v) is 9.32. The van der Waals surface area contributed by atoms with Crippen LogP contribution in [0.3, 0.4) is 0 Å². The summed E-state index contributed by atoms with van der Waals surface area (Å²) in [4.78, 5) is 5.37. The molecule has 2 aromatic rings. The van der Waals surface area contributed by atoms with Crippen molar-refractivity contribution >= 4 is 11.3 Å². The summed E-state index contributed by atoms with van der Waals surface area (Å²) in [6.45, 7) is 0.265. The highest BCUT2D eigenvalue weighted by Gasteiger charge is 2.27. The fourth-order valence-corrected chi connectivity index (χ4v) is 2.57. The van der Waals surface area contributed by atoms with Crippen LogP contribution in [0.2, 0.25) is 0 Å². The molecular weight excluding hydrogens is 227 g/mol. The summed E-state index contributed by atoms with van der Waals surface area (Å²) in [5, 5.41) is 6.26. The Bertz CT molecular complexity index is 493. The van der Waals surface area contributed by atoms with Crippen LogP contribution in [-0.2, 0) is 6.54 Å². The van der Waals surface area contributed by atoms with Crippen molar-refractivity contribution in [2.24, 2.45) is 5.73 Å². The van der Waals surface area contributed by atoms with Crippen LogP contribution in [0.4, 0.5) is 4.39 Å². The molecule has 2 atom stereocenters. The molecule has 16 heavy (non-hydrogen) atoms. The van der Waals surface area contributed by atoms with E-state index >= 15 is 0 Å². The van der Waals surface area contributed by atoms with E-state index in [-0.39, 0.29) is 12.6 Å². The summed E-state index contributed by atoms with van der Waals surface area (Å²) < 4.78 is 14.9. The van der Waals surface area contributed by atoms with Gasteiger partial charge in [0.25, 0.3) is 0 Å². The Balaban J connectivity index is 2.03. The van der Waals surface area contributed by atoms with Crippen molar-refractivity contribution in [3.63, 3.8) is 0 Å². The van der Waals surface area contributed by atoms with Crippen molar-refractivity contribution in [1.29, 1.82) is 0 Å². The van der Waals surface area contributed by atoms with Gasteiger partial charge in [-0.05, 0) is 11.4 Å². The van der Waals surface area contributed by atoms with Crippen molar-refractivity contribution in [1.82, 2.24) is 14.8 Å². The molecular formula is C10H11FN4S. The fourth-order valence-electron chi connectivity index (χ4n) is 1.92. The molecule has 0 radical (unpaired) electrons. The van der Waals surface area contributed by atoms with E-state index in [4.69, 9.17) is 5.73 Å². The highest BCUT2D eigenvalue weighted by Crippen LogP contribution is 2.27. The van der Waals surface area contributed by atoms with Gasteiger partial charge in [-0.15, -0.1) is 16.4 Å². The van der Waals surface area contributed by atoms with Crippen LogP contribution in [-0.4, -0.2) is 20.9 Å². The van der Waals surface area contributed by atoms with Gasteiger partial charge < -0.3 is 5.73 Å². The number of nitrogens with two attached hydrogens (primary N) is 1.